The first kappa shape index (κ1) is 21.5. The second kappa shape index (κ2) is 9.51. The molecular formula is C21H28ClNO4S. The number of rotatable bonds is 8. The molecule has 1 saturated heterocycles. The summed E-state index contributed by atoms with van der Waals surface area (Å²) in [5.41, 5.74) is 0.525. The van der Waals surface area contributed by atoms with Crippen molar-refractivity contribution in [1.29, 1.82) is 0 Å². The van der Waals surface area contributed by atoms with Crippen LogP contribution in [-0.4, -0.2) is 50.3 Å². The highest BCUT2D eigenvalue weighted by Crippen LogP contribution is 2.34. The van der Waals surface area contributed by atoms with Gasteiger partial charge in [0, 0.05) is 11.6 Å². The van der Waals surface area contributed by atoms with E-state index in [9.17, 15) is 14.7 Å². The van der Waals surface area contributed by atoms with Gasteiger partial charge >= 0.3 is 5.97 Å². The fraction of sp³-hybridized carbons (Fsp3) is 0.619. The van der Waals surface area contributed by atoms with Crippen LogP contribution < -0.4 is 0 Å². The molecule has 2 N–H and O–H groups in total. The Kier molecular flexibility index (Phi) is 7.29. The van der Waals surface area contributed by atoms with Crippen LogP contribution in [0.4, 0.5) is 0 Å². The van der Waals surface area contributed by atoms with Crippen molar-refractivity contribution >= 4 is 35.2 Å². The van der Waals surface area contributed by atoms with E-state index < -0.39 is 11.6 Å². The Hall–Kier alpha value is -1.24. The second-order valence-electron chi connectivity index (χ2n) is 7.89. The number of aryl methyl sites for hydroxylation is 1. The molecule has 0 radical (unpaired) electrons. The lowest BCUT2D eigenvalue weighted by Gasteiger charge is -2.34. The summed E-state index contributed by atoms with van der Waals surface area (Å²) >= 11 is 7.88. The van der Waals surface area contributed by atoms with Crippen LogP contribution in [0.1, 0.15) is 67.3 Å². The molecule has 1 saturated carbocycles. The average molecular weight is 426 g/mol. The van der Waals surface area contributed by atoms with Gasteiger partial charge in [0.05, 0.1) is 22.3 Å². The zero-order valence-corrected chi connectivity index (χ0v) is 17.6. The van der Waals surface area contributed by atoms with Crippen molar-refractivity contribution in [2.75, 3.05) is 12.3 Å². The van der Waals surface area contributed by atoms with Crippen molar-refractivity contribution in [3.63, 3.8) is 0 Å². The van der Waals surface area contributed by atoms with E-state index in [0.717, 1.165) is 50.5 Å². The molecule has 1 aromatic rings. The molecule has 154 valence electrons. The molecule has 7 heteroatoms. The molecule has 2 fully saturated rings. The lowest BCUT2D eigenvalue weighted by molar-refractivity contribution is -0.129. The largest absolute Gasteiger partial charge is 0.478 e. The van der Waals surface area contributed by atoms with Crippen LogP contribution in [0.25, 0.3) is 0 Å². The summed E-state index contributed by atoms with van der Waals surface area (Å²) < 4.78 is 0. The predicted octanol–water partition coefficient (Wildman–Crippen LogP) is 4.35. The third kappa shape index (κ3) is 5.43. The number of aliphatic hydroxyl groups is 1. The number of amides is 1. The standard InChI is InChI=1S/C21H28ClNO4S/c22-17-13-16(20(25)26)8-7-15(17)5-4-6-19-23(18(24)14-28-19)12-11-21(27)9-2-1-3-10-21/h7-8,13,19,27H,1-6,9-12,14H2,(H,25,26). The van der Waals surface area contributed by atoms with Crippen molar-refractivity contribution in [3.8, 4) is 0 Å². The molecule has 5 nitrogen and oxygen atoms in total. The van der Waals surface area contributed by atoms with Gasteiger partial charge in [-0.05, 0) is 56.2 Å². The topological polar surface area (TPSA) is 77.8 Å². The van der Waals surface area contributed by atoms with E-state index in [1.54, 1.807) is 23.9 Å². The molecule has 28 heavy (non-hydrogen) atoms. The summed E-state index contributed by atoms with van der Waals surface area (Å²) in [5.74, 6) is -0.306. The molecule has 0 bridgehead atoms. The molecule has 1 heterocycles. The minimum atomic E-state index is -0.982. The summed E-state index contributed by atoms with van der Waals surface area (Å²) in [6.07, 6.45) is 8.19. The molecule has 1 atom stereocenters. The number of aromatic carboxylic acids is 1. The van der Waals surface area contributed by atoms with E-state index in [2.05, 4.69) is 0 Å². The van der Waals surface area contributed by atoms with Gasteiger partial charge in [0.25, 0.3) is 0 Å². The molecule has 2 aliphatic rings. The van der Waals surface area contributed by atoms with Crippen LogP contribution in [0, 0.1) is 0 Å². The maximum absolute atomic E-state index is 12.3. The SMILES string of the molecule is O=C(O)c1ccc(CCCC2SCC(=O)N2CCC2(O)CCCCC2)c(Cl)c1. The van der Waals surface area contributed by atoms with Gasteiger partial charge in [-0.3, -0.25) is 4.79 Å². The van der Waals surface area contributed by atoms with Gasteiger partial charge in [0.2, 0.25) is 5.91 Å². The molecular weight excluding hydrogens is 398 g/mol. The normalized spacial score (nSPS) is 21.9. The number of carboxylic acid groups (broad SMARTS) is 1. The number of halogens is 1. The third-order valence-electron chi connectivity index (χ3n) is 5.87. The Labute approximate surface area is 175 Å². The number of thioether (sulfide) groups is 1. The molecule has 0 aromatic heterocycles. The van der Waals surface area contributed by atoms with Gasteiger partial charge < -0.3 is 15.1 Å². The Balaban J connectivity index is 1.50. The predicted molar refractivity (Wildman–Crippen MR) is 112 cm³/mol. The Morgan fingerprint density at radius 3 is 2.71 bits per heavy atom. The first-order chi connectivity index (χ1) is 13.4. The lowest BCUT2D eigenvalue weighted by Crippen LogP contribution is -2.40. The number of carbonyl (C=O) groups excluding carboxylic acids is 1. The van der Waals surface area contributed by atoms with Crippen LogP contribution in [0.15, 0.2) is 18.2 Å². The zero-order valence-electron chi connectivity index (χ0n) is 16.0. The van der Waals surface area contributed by atoms with Gasteiger partial charge in [0.1, 0.15) is 0 Å². The Morgan fingerprint density at radius 1 is 1.29 bits per heavy atom. The average Bonchev–Trinajstić information content (AvgIpc) is 3.01. The molecule has 3 rings (SSSR count). The first-order valence-electron chi connectivity index (χ1n) is 10.0. The summed E-state index contributed by atoms with van der Waals surface area (Å²) in [6, 6.07) is 4.84. The first-order valence-corrected chi connectivity index (χ1v) is 11.5. The van der Waals surface area contributed by atoms with Gasteiger partial charge in [-0.15, -0.1) is 11.8 Å². The van der Waals surface area contributed by atoms with Gasteiger partial charge in [0.15, 0.2) is 0 Å². The summed E-state index contributed by atoms with van der Waals surface area (Å²) in [5, 5.41) is 20.4. The molecule has 1 amide bonds. The van der Waals surface area contributed by atoms with Crippen molar-refractivity contribution in [2.45, 2.75) is 68.8 Å². The Morgan fingerprint density at radius 2 is 2.04 bits per heavy atom. The van der Waals surface area contributed by atoms with Crippen LogP contribution in [0.2, 0.25) is 5.02 Å². The molecule has 1 aliphatic heterocycles. The van der Waals surface area contributed by atoms with Crippen LogP contribution in [0.5, 0.6) is 0 Å². The lowest BCUT2D eigenvalue weighted by atomic mass is 9.82. The van der Waals surface area contributed by atoms with Crippen LogP contribution in [0.3, 0.4) is 0 Å². The fourth-order valence-electron chi connectivity index (χ4n) is 4.15. The van der Waals surface area contributed by atoms with Crippen LogP contribution in [-0.2, 0) is 11.2 Å². The van der Waals surface area contributed by atoms with Gasteiger partial charge in [-0.1, -0.05) is 36.9 Å². The maximum atomic E-state index is 12.3. The van der Waals surface area contributed by atoms with E-state index in [-0.39, 0.29) is 16.8 Å². The summed E-state index contributed by atoms with van der Waals surface area (Å²) in [7, 11) is 0. The number of nitrogens with zero attached hydrogens (tertiary/aromatic N) is 1. The van der Waals surface area contributed by atoms with E-state index >= 15 is 0 Å². The number of carbonyl (C=O) groups is 2. The highest BCUT2D eigenvalue weighted by atomic mass is 35.5. The molecule has 0 spiro atoms. The van der Waals surface area contributed by atoms with E-state index in [1.807, 2.05) is 4.90 Å². The van der Waals surface area contributed by atoms with Crippen molar-refractivity contribution in [2.24, 2.45) is 0 Å². The fourth-order valence-corrected chi connectivity index (χ4v) is 5.66. The van der Waals surface area contributed by atoms with Crippen LogP contribution >= 0.6 is 23.4 Å². The highest BCUT2D eigenvalue weighted by Gasteiger charge is 2.35. The molecule has 1 unspecified atom stereocenters. The smallest absolute Gasteiger partial charge is 0.335 e. The van der Waals surface area contributed by atoms with E-state index in [0.29, 0.717) is 23.7 Å². The van der Waals surface area contributed by atoms with E-state index in [4.69, 9.17) is 16.7 Å². The highest BCUT2D eigenvalue weighted by molar-refractivity contribution is 8.00. The quantitative estimate of drug-likeness (QED) is 0.647. The third-order valence-corrected chi connectivity index (χ3v) is 7.51. The maximum Gasteiger partial charge on any atom is 0.335 e. The van der Waals surface area contributed by atoms with Crippen molar-refractivity contribution in [3.05, 3.63) is 34.3 Å². The minimum absolute atomic E-state index is 0.150. The van der Waals surface area contributed by atoms with E-state index in [1.165, 1.54) is 12.5 Å². The number of hydrogen-bond acceptors (Lipinski definition) is 4. The van der Waals surface area contributed by atoms with Gasteiger partial charge in [-0.25, -0.2) is 4.79 Å². The number of carboxylic acids is 1. The minimum Gasteiger partial charge on any atom is -0.478 e. The second-order valence-corrected chi connectivity index (χ2v) is 9.46. The molecule has 1 aliphatic carbocycles. The van der Waals surface area contributed by atoms with Crippen molar-refractivity contribution < 1.29 is 19.8 Å². The summed E-state index contributed by atoms with van der Waals surface area (Å²) in [4.78, 5) is 25.2. The zero-order chi connectivity index (χ0) is 20.1. The number of hydrogen-bond donors (Lipinski definition) is 2. The monoisotopic (exact) mass is 425 g/mol. The Bertz CT molecular complexity index is 720. The van der Waals surface area contributed by atoms with Gasteiger partial charge in [-0.2, -0.15) is 0 Å². The number of benzene rings is 1. The van der Waals surface area contributed by atoms with Crippen molar-refractivity contribution in [1.82, 2.24) is 4.90 Å². The summed E-state index contributed by atoms with van der Waals surface area (Å²) in [6.45, 7) is 0.626. The molecule has 1 aromatic carbocycles.